The number of hydrogen-bond donors (Lipinski definition) is 1. The Morgan fingerprint density at radius 2 is 0.727 bits per heavy atom. The second-order valence-corrected chi connectivity index (χ2v) is 0.447. The first kappa shape index (κ1) is 30.8. The van der Waals surface area contributed by atoms with E-state index in [2.05, 4.69) is 0 Å². The van der Waals surface area contributed by atoms with Crippen molar-refractivity contribution in [3.8, 4) is 0 Å². The number of hydrogen-bond acceptors (Lipinski definition) is 7. The molecule has 11 heteroatoms. The van der Waals surface area contributed by atoms with Crippen LogP contribution in [0.3, 0.4) is 0 Å². The van der Waals surface area contributed by atoms with E-state index in [0.717, 1.165) is 0 Å². The molecular formula is H3Ag2N3O6. The van der Waals surface area contributed by atoms with Crippen molar-refractivity contribution >= 4 is 0 Å². The van der Waals surface area contributed by atoms with Crippen LogP contribution in [0.25, 0.3) is 0 Å². The van der Waals surface area contributed by atoms with E-state index < -0.39 is 10.2 Å². The maximum atomic E-state index is 8.25. The van der Waals surface area contributed by atoms with Gasteiger partial charge in [0.25, 0.3) is 0 Å². The molecule has 9 nitrogen and oxygen atoms in total. The van der Waals surface area contributed by atoms with Crippen molar-refractivity contribution in [2.75, 3.05) is 0 Å². The molecule has 0 unspecified atom stereocenters. The van der Waals surface area contributed by atoms with E-state index in [1.54, 1.807) is 0 Å². The molecule has 0 bridgehead atoms. The molecule has 0 saturated heterocycles. The van der Waals surface area contributed by atoms with Gasteiger partial charge >= 0.3 is 44.8 Å². The minimum absolute atomic E-state index is 0. The molecule has 0 spiro atoms. The Morgan fingerprint density at radius 1 is 0.727 bits per heavy atom. The van der Waals surface area contributed by atoms with Gasteiger partial charge in [0.2, 0.25) is 0 Å². The minimum atomic E-state index is -1.75. The van der Waals surface area contributed by atoms with Crippen LogP contribution in [0.15, 0.2) is 0 Å². The van der Waals surface area contributed by atoms with Crippen molar-refractivity contribution in [2.45, 2.75) is 0 Å². The maximum Gasteiger partial charge on any atom is 1.00 e. The first-order valence-corrected chi connectivity index (χ1v) is 1.10. The topological polar surface area (TPSA) is 167 Å². The fraction of sp³-hybridized carbons (Fsp3) is 0. The molecular weight excluding hydrogens is 354 g/mol. The first-order chi connectivity index (χ1) is 3.46. The van der Waals surface area contributed by atoms with Crippen molar-refractivity contribution in [3.05, 3.63) is 30.6 Å². The molecule has 0 aliphatic heterocycles. The van der Waals surface area contributed by atoms with Gasteiger partial charge in [-0.2, -0.15) is 0 Å². The van der Waals surface area contributed by atoms with Crippen LogP contribution in [0.2, 0.25) is 0 Å². The van der Waals surface area contributed by atoms with E-state index in [1.807, 2.05) is 0 Å². The Hall–Kier alpha value is -0.159. The summed E-state index contributed by atoms with van der Waals surface area (Å²) in [6.07, 6.45) is 0. The summed E-state index contributed by atoms with van der Waals surface area (Å²) in [6.45, 7) is 0. The van der Waals surface area contributed by atoms with Crippen LogP contribution in [0.4, 0.5) is 0 Å². The molecule has 0 rings (SSSR count). The minimum Gasteiger partial charge on any atom is -0.356 e. The Morgan fingerprint density at radius 3 is 0.727 bits per heavy atom. The summed E-state index contributed by atoms with van der Waals surface area (Å²) >= 11 is 0. The van der Waals surface area contributed by atoms with Crippen molar-refractivity contribution in [2.24, 2.45) is 0 Å². The zero-order chi connectivity index (χ0) is 7.15. The molecule has 76 valence electrons. The zero-order valence-corrected chi connectivity index (χ0v) is 7.62. The van der Waals surface area contributed by atoms with Gasteiger partial charge in [0.1, 0.15) is 0 Å². The first-order valence-electron chi connectivity index (χ1n) is 1.10. The molecule has 0 aliphatic rings. The van der Waals surface area contributed by atoms with Gasteiger partial charge in [-0.15, -0.1) is 0 Å². The van der Waals surface area contributed by atoms with E-state index in [1.165, 1.54) is 0 Å². The maximum absolute atomic E-state index is 8.25. The molecule has 0 aromatic heterocycles. The summed E-state index contributed by atoms with van der Waals surface area (Å²) in [5.41, 5.74) is 0. The van der Waals surface area contributed by atoms with Crippen molar-refractivity contribution < 1.29 is 54.9 Å². The van der Waals surface area contributed by atoms with Crippen LogP contribution < -0.4 is 6.15 Å². The van der Waals surface area contributed by atoms with E-state index in [9.17, 15) is 0 Å². The average Bonchev–Trinajstić information content (AvgIpc) is 1.25. The normalized spacial score (nSPS) is 4.36. The van der Waals surface area contributed by atoms with Gasteiger partial charge in [0, 0.05) is 0 Å². The molecule has 0 saturated carbocycles. The van der Waals surface area contributed by atoms with Gasteiger partial charge in [-0.1, -0.05) is 0 Å². The molecule has 0 aromatic carbocycles. The fourth-order valence-corrected chi connectivity index (χ4v) is 0. The van der Waals surface area contributed by atoms with Crippen molar-refractivity contribution in [1.29, 1.82) is 0 Å². The summed E-state index contributed by atoms with van der Waals surface area (Å²) in [5.74, 6) is 0. The van der Waals surface area contributed by atoms with E-state index >= 15 is 0 Å². The zero-order valence-electron chi connectivity index (χ0n) is 4.65. The Labute approximate surface area is 91.6 Å². The third-order valence-electron chi connectivity index (χ3n) is 0. The summed E-state index contributed by atoms with van der Waals surface area (Å²) in [4.78, 5) is 16.5. The summed E-state index contributed by atoms with van der Waals surface area (Å²) < 4.78 is 0. The molecule has 0 radical (unpaired) electrons. The van der Waals surface area contributed by atoms with Crippen LogP contribution >= 0.6 is 0 Å². The van der Waals surface area contributed by atoms with Gasteiger partial charge in [0.05, 0.1) is 10.2 Å². The molecule has 0 aromatic rings. The van der Waals surface area contributed by atoms with Gasteiger partial charge in [-0.3, -0.25) is 0 Å². The Balaban J connectivity index is -0.0000000171. The molecule has 0 amide bonds. The quantitative estimate of drug-likeness (QED) is 0.352. The fourth-order valence-electron chi connectivity index (χ4n) is 0. The van der Waals surface area contributed by atoms with Crippen LogP contribution in [0.5, 0.6) is 0 Å². The molecule has 3 N–H and O–H groups in total. The molecule has 11 heavy (non-hydrogen) atoms. The second kappa shape index (κ2) is 22.5. The Kier molecular flexibility index (Phi) is 63.1. The number of rotatable bonds is 0. The summed E-state index contributed by atoms with van der Waals surface area (Å²) in [6, 6.07) is 0. The van der Waals surface area contributed by atoms with Gasteiger partial charge in [0.15, 0.2) is 0 Å². The average molecular weight is 357 g/mol. The molecule has 0 atom stereocenters. The van der Waals surface area contributed by atoms with Crippen LogP contribution in [0.1, 0.15) is 0 Å². The largest absolute Gasteiger partial charge is 1.00 e. The molecule has 0 fully saturated rings. The molecule has 0 aliphatic carbocycles. The third-order valence-corrected chi connectivity index (χ3v) is 0. The van der Waals surface area contributed by atoms with Crippen molar-refractivity contribution in [3.63, 3.8) is 0 Å². The standard InChI is InChI=1S/2Ag.2NO3.H3N/c;;2*2-1(3)4;/h;;;;1H3/q2*+1;2*-1;. The summed E-state index contributed by atoms with van der Waals surface area (Å²) in [7, 11) is 0. The van der Waals surface area contributed by atoms with Crippen LogP contribution in [-0.4, -0.2) is 10.2 Å². The second-order valence-electron chi connectivity index (χ2n) is 0.447. The van der Waals surface area contributed by atoms with Gasteiger partial charge < -0.3 is 36.8 Å². The SMILES string of the molecule is N.O=[N+]([O-])[O-].O=[N+]([O-])[O-].[Ag+].[Ag+]. The van der Waals surface area contributed by atoms with Gasteiger partial charge in [-0.05, 0) is 0 Å². The monoisotopic (exact) mass is 355 g/mol. The summed E-state index contributed by atoms with van der Waals surface area (Å²) in [5, 5.41) is 29.5. The predicted molar refractivity (Wildman–Crippen MR) is 25.7 cm³/mol. The molecule has 0 heterocycles. The van der Waals surface area contributed by atoms with Crippen LogP contribution in [-0.2, 0) is 44.8 Å². The predicted octanol–water partition coefficient (Wildman–Crippen LogP) is -0.321. The smallest absolute Gasteiger partial charge is 0.356 e. The van der Waals surface area contributed by atoms with Crippen LogP contribution in [0, 0.1) is 30.6 Å². The Bertz CT molecular complexity index is 73.8. The van der Waals surface area contributed by atoms with Gasteiger partial charge in [-0.25, -0.2) is 0 Å². The van der Waals surface area contributed by atoms with Crippen molar-refractivity contribution in [1.82, 2.24) is 6.15 Å². The number of nitrogens with zero attached hydrogens (tertiary/aromatic N) is 2. The third kappa shape index (κ3) is 23800. The van der Waals surface area contributed by atoms with E-state index in [-0.39, 0.29) is 50.9 Å². The van der Waals surface area contributed by atoms with E-state index in [4.69, 9.17) is 30.6 Å². The van der Waals surface area contributed by atoms with E-state index in [0.29, 0.717) is 0 Å².